The van der Waals surface area contributed by atoms with Gasteiger partial charge in [0, 0.05) is 5.92 Å². The molecule has 0 aliphatic carbocycles. The van der Waals surface area contributed by atoms with Gasteiger partial charge in [-0.3, -0.25) is 9.59 Å². The average molecular weight is 287 g/mol. The second-order valence-corrected chi connectivity index (χ2v) is 4.81. The SMILES string of the molecule is C[C@H](C(=N)C(=O)C(C)(C)C(=O)O)c1ccccc1.[KH]. The molecule has 98 valence electrons. The molecule has 1 aromatic rings. The molecule has 0 aromatic heterocycles. The molecule has 0 saturated heterocycles. The summed E-state index contributed by atoms with van der Waals surface area (Å²) in [6.07, 6.45) is 0. The number of hydrogen-bond donors (Lipinski definition) is 2. The molecule has 1 atom stereocenters. The van der Waals surface area contributed by atoms with E-state index in [-0.39, 0.29) is 57.1 Å². The fourth-order valence-corrected chi connectivity index (χ4v) is 1.54. The van der Waals surface area contributed by atoms with Gasteiger partial charge in [0.25, 0.3) is 0 Å². The van der Waals surface area contributed by atoms with Crippen LogP contribution in [0.15, 0.2) is 30.3 Å². The molecule has 0 spiro atoms. The van der Waals surface area contributed by atoms with Gasteiger partial charge in [-0.15, -0.1) is 0 Å². The minimum absolute atomic E-state index is 0. The predicted octanol–water partition coefficient (Wildman–Crippen LogP) is 1.84. The zero-order valence-electron chi connectivity index (χ0n) is 10.7. The number of rotatable bonds is 5. The van der Waals surface area contributed by atoms with Gasteiger partial charge in [-0.1, -0.05) is 37.3 Å². The van der Waals surface area contributed by atoms with E-state index in [2.05, 4.69) is 0 Å². The van der Waals surface area contributed by atoms with Crippen LogP contribution in [-0.2, 0) is 9.59 Å². The van der Waals surface area contributed by atoms with Crippen LogP contribution >= 0.6 is 0 Å². The number of carbonyl (C=O) groups is 2. The minimum atomic E-state index is -1.56. The Morgan fingerprint density at radius 3 is 2.11 bits per heavy atom. The van der Waals surface area contributed by atoms with Gasteiger partial charge in [0.05, 0.1) is 5.71 Å². The number of hydrogen-bond acceptors (Lipinski definition) is 3. The van der Waals surface area contributed by atoms with Gasteiger partial charge >= 0.3 is 57.4 Å². The van der Waals surface area contributed by atoms with Crippen molar-refractivity contribution in [1.82, 2.24) is 0 Å². The van der Waals surface area contributed by atoms with Crippen molar-refractivity contribution in [2.75, 3.05) is 0 Å². The van der Waals surface area contributed by atoms with Crippen LogP contribution < -0.4 is 0 Å². The van der Waals surface area contributed by atoms with Crippen LogP contribution in [0.1, 0.15) is 32.3 Å². The van der Waals surface area contributed by atoms with E-state index < -0.39 is 23.1 Å². The molecular weight excluding hydrogens is 269 g/mol. The van der Waals surface area contributed by atoms with E-state index >= 15 is 0 Å². The standard InChI is InChI=1S/C14H17NO3.K.H/c1-9(10-7-5-4-6-8-10)11(15)12(16)14(2,3)13(17)18;;/h4-9,15H,1-3H3,(H,17,18);;/t9-;;/m0../s1. The maximum absolute atomic E-state index is 12.0. The van der Waals surface area contributed by atoms with Crippen LogP contribution in [0.3, 0.4) is 0 Å². The van der Waals surface area contributed by atoms with E-state index in [4.69, 9.17) is 10.5 Å². The molecule has 0 aliphatic rings. The van der Waals surface area contributed by atoms with Gasteiger partial charge in [-0.2, -0.15) is 0 Å². The fraction of sp³-hybridized carbons (Fsp3) is 0.357. The van der Waals surface area contributed by atoms with Crippen LogP contribution in [0, 0.1) is 10.8 Å². The number of Topliss-reactive ketones (excluding diaryl/α,β-unsaturated/α-hetero) is 1. The van der Waals surface area contributed by atoms with E-state index in [1.807, 2.05) is 30.3 Å². The second kappa shape index (κ2) is 7.45. The van der Waals surface area contributed by atoms with Crippen LogP contribution in [0.4, 0.5) is 0 Å². The molecule has 5 heteroatoms. The Labute approximate surface area is 155 Å². The van der Waals surface area contributed by atoms with Crippen molar-refractivity contribution >= 4 is 68.8 Å². The van der Waals surface area contributed by atoms with E-state index in [9.17, 15) is 9.59 Å². The van der Waals surface area contributed by atoms with Crippen molar-refractivity contribution in [2.24, 2.45) is 5.41 Å². The number of ketones is 1. The molecule has 1 rings (SSSR count). The van der Waals surface area contributed by atoms with Crippen molar-refractivity contribution in [3.63, 3.8) is 0 Å². The molecule has 4 nitrogen and oxygen atoms in total. The molecule has 0 fully saturated rings. The molecule has 19 heavy (non-hydrogen) atoms. The van der Waals surface area contributed by atoms with Crippen molar-refractivity contribution in [3.8, 4) is 0 Å². The first kappa shape index (κ1) is 18.7. The normalized spacial score (nSPS) is 12.2. The number of benzene rings is 1. The molecule has 0 aliphatic heterocycles. The first-order chi connectivity index (χ1) is 8.28. The molecule has 2 N–H and O–H groups in total. The van der Waals surface area contributed by atoms with Crippen molar-refractivity contribution < 1.29 is 14.7 Å². The Hall–Kier alpha value is -0.334. The summed E-state index contributed by atoms with van der Waals surface area (Å²) >= 11 is 0. The van der Waals surface area contributed by atoms with E-state index in [0.717, 1.165) is 5.56 Å². The summed E-state index contributed by atoms with van der Waals surface area (Å²) in [7, 11) is 0. The second-order valence-electron chi connectivity index (χ2n) is 4.81. The molecule has 0 radical (unpaired) electrons. The molecule has 1 aromatic carbocycles. The molecule has 0 bridgehead atoms. The van der Waals surface area contributed by atoms with Crippen LogP contribution in [-0.4, -0.2) is 74.0 Å². The van der Waals surface area contributed by atoms with Gasteiger partial charge < -0.3 is 10.5 Å². The number of carboxylic acids is 1. The van der Waals surface area contributed by atoms with Crippen LogP contribution in [0.2, 0.25) is 0 Å². The van der Waals surface area contributed by atoms with Crippen molar-refractivity contribution in [3.05, 3.63) is 35.9 Å². The van der Waals surface area contributed by atoms with Crippen LogP contribution in [0.5, 0.6) is 0 Å². The Bertz CT molecular complexity index is 483. The first-order valence-corrected chi connectivity index (χ1v) is 5.70. The molecule has 0 saturated carbocycles. The molecule has 0 unspecified atom stereocenters. The summed E-state index contributed by atoms with van der Waals surface area (Å²) in [5.74, 6) is -2.26. The average Bonchev–Trinajstić information content (AvgIpc) is 2.36. The summed E-state index contributed by atoms with van der Waals surface area (Å²) in [4.78, 5) is 23.0. The maximum atomic E-state index is 12.0. The first-order valence-electron chi connectivity index (χ1n) is 5.70. The van der Waals surface area contributed by atoms with E-state index in [1.165, 1.54) is 13.8 Å². The predicted molar refractivity (Wildman–Crippen MR) is 76.2 cm³/mol. The van der Waals surface area contributed by atoms with Crippen molar-refractivity contribution in [2.45, 2.75) is 26.7 Å². The van der Waals surface area contributed by atoms with Gasteiger partial charge in [0.1, 0.15) is 5.41 Å². The van der Waals surface area contributed by atoms with E-state index in [1.54, 1.807) is 6.92 Å². The third-order valence-corrected chi connectivity index (χ3v) is 3.08. The summed E-state index contributed by atoms with van der Waals surface area (Å²) in [5.41, 5.74) is -0.897. The number of nitrogens with one attached hydrogen (secondary N) is 1. The Kier molecular flexibility index (Phi) is 7.32. The Morgan fingerprint density at radius 2 is 1.68 bits per heavy atom. The third kappa shape index (κ3) is 4.32. The summed E-state index contributed by atoms with van der Waals surface area (Å²) in [5, 5.41) is 16.9. The zero-order valence-corrected chi connectivity index (χ0v) is 10.7. The van der Waals surface area contributed by atoms with E-state index in [0.29, 0.717) is 0 Å². The topological polar surface area (TPSA) is 78.2 Å². The Balaban J connectivity index is 0.00000324. The summed E-state index contributed by atoms with van der Waals surface area (Å²) in [6, 6.07) is 9.14. The van der Waals surface area contributed by atoms with Gasteiger partial charge in [-0.05, 0) is 19.4 Å². The number of carboxylic acid groups (broad SMARTS) is 1. The number of aliphatic carboxylic acids is 1. The quantitative estimate of drug-likeness (QED) is 0.493. The third-order valence-electron chi connectivity index (χ3n) is 3.08. The zero-order chi connectivity index (χ0) is 13.9. The van der Waals surface area contributed by atoms with Gasteiger partial charge in [-0.25, -0.2) is 0 Å². The molecule has 0 heterocycles. The van der Waals surface area contributed by atoms with Gasteiger partial charge in [0.2, 0.25) is 0 Å². The summed E-state index contributed by atoms with van der Waals surface area (Å²) in [6.45, 7) is 4.38. The van der Waals surface area contributed by atoms with Crippen LogP contribution in [0.25, 0.3) is 0 Å². The summed E-state index contributed by atoms with van der Waals surface area (Å²) < 4.78 is 0. The van der Waals surface area contributed by atoms with Gasteiger partial charge in [0.15, 0.2) is 5.78 Å². The molecule has 0 amide bonds. The Morgan fingerprint density at radius 1 is 1.21 bits per heavy atom. The van der Waals surface area contributed by atoms with Crippen molar-refractivity contribution in [1.29, 1.82) is 5.41 Å². The monoisotopic (exact) mass is 287 g/mol. The molecular formula is C14H18KNO3. The fourth-order valence-electron chi connectivity index (χ4n) is 1.54. The number of carbonyl (C=O) groups excluding carboxylic acids is 1.